The molecular formula is C11H22N2O. The molecule has 1 amide bonds. The van der Waals surface area contributed by atoms with Crippen molar-refractivity contribution in [2.75, 3.05) is 19.6 Å². The first kappa shape index (κ1) is 11.5. The summed E-state index contributed by atoms with van der Waals surface area (Å²) in [6, 6.07) is 0. The molecule has 1 aliphatic carbocycles. The molecule has 0 aromatic rings. The summed E-state index contributed by atoms with van der Waals surface area (Å²) in [5, 5.41) is 6.26. The van der Waals surface area contributed by atoms with E-state index in [1.54, 1.807) is 0 Å². The van der Waals surface area contributed by atoms with Crippen molar-refractivity contribution in [2.24, 2.45) is 11.8 Å². The lowest BCUT2D eigenvalue weighted by Crippen LogP contribution is -2.36. The standard InChI is InChI=1S/C11H22N2O/c1-9(2)11(14)13-7-6-12-8-10-4-3-5-10/h9-10,12H,3-8H2,1-2H3,(H,13,14). The molecule has 0 aliphatic heterocycles. The van der Waals surface area contributed by atoms with E-state index in [9.17, 15) is 4.79 Å². The summed E-state index contributed by atoms with van der Waals surface area (Å²) >= 11 is 0. The van der Waals surface area contributed by atoms with Gasteiger partial charge in [0.15, 0.2) is 0 Å². The molecule has 1 aliphatic rings. The number of hydrogen-bond acceptors (Lipinski definition) is 2. The van der Waals surface area contributed by atoms with Gasteiger partial charge < -0.3 is 10.6 Å². The summed E-state index contributed by atoms with van der Waals surface area (Å²) in [6.45, 7) is 6.60. The third kappa shape index (κ3) is 4.09. The molecule has 0 saturated heterocycles. The van der Waals surface area contributed by atoms with Gasteiger partial charge in [0.25, 0.3) is 0 Å². The Kier molecular flexibility index (Phi) is 4.94. The maximum absolute atomic E-state index is 11.2. The minimum Gasteiger partial charge on any atom is -0.355 e. The van der Waals surface area contributed by atoms with Crippen LogP contribution in [-0.2, 0) is 4.79 Å². The number of hydrogen-bond donors (Lipinski definition) is 2. The van der Waals surface area contributed by atoms with Gasteiger partial charge in [0.05, 0.1) is 0 Å². The lowest BCUT2D eigenvalue weighted by atomic mass is 9.85. The molecule has 3 heteroatoms. The van der Waals surface area contributed by atoms with Crippen LogP contribution in [0.15, 0.2) is 0 Å². The topological polar surface area (TPSA) is 41.1 Å². The van der Waals surface area contributed by atoms with Crippen LogP contribution in [0, 0.1) is 11.8 Å². The van der Waals surface area contributed by atoms with Crippen LogP contribution in [0.2, 0.25) is 0 Å². The van der Waals surface area contributed by atoms with Crippen LogP contribution < -0.4 is 10.6 Å². The summed E-state index contributed by atoms with van der Waals surface area (Å²) in [6.07, 6.45) is 4.16. The van der Waals surface area contributed by atoms with Crippen LogP contribution in [0.5, 0.6) is 0 Å². The van der Waals surface area contributed by atoms with Crippen LogP contribution in [0.1, 0.15) is 33.1 Å². The molecule has 0 spiro atoms. The Morgan fingerprint density at radius 2 is 2.07 bits per heavy atom. The molecule has 0 aromatic heterocycles. The van der Waals surface area contributed by atoms with E-state index in [1.165, 1.54) is 19.3 Å². The second-order valence-electron chi connectivity index (χ2n) is 4.45. The number of carbonyl (C=O) groups is 1. The molecule has 1 rings (SSSR count). The predicted octanol–water partition coefficient (Wildman–Crippen LogP) is 1.15. The third-order valence-corrected chi connectivity index (χ3v) is 2.78. The molecule has 3 nitrogen and oxygen atoms in total. The average Bonchev–Trinajstić information content (AvgIpc) is 2.07. The van der Waals surface area contributed by atoms with E-state index in [-0.39, 0.29) is 11.8 Å². The van der Waals surface area contributed by atoms with E-state index in [0.29, 0.717) is 0 Å². The maximum atomic E-state index is 11.2. The smallest absolute Gasteiger partial charge is 0.222 e. The number of rotatable bonds is 6. The molecule has 0 aromatic carbocycles. The first-order valence-electron chi connectivity index (χ1n) is 5.68. The molecule has 0 atom stereocenters. The second-order valence-corrected chi connectivity index (χ2v) is 4.45. The van der Waals surface area contributed by atoms with Crippen molar-refractivity contribution in [3.63, 3.8) is 0 Å². The fourth-order valence-electron chi connectivity index (χ4n) is 1.48. The summed E-state index contributed by atoms with van der Waals surface area (Å²) in [4.78, 5) is 11.2. The summed E-state index contributed by atoms with van der Waals surface area (Å²) in [5.74, 6) is 1.15. The molecule has 0 heterocycles. The SMILES string of the molecule is CC(C)C(=O)NCCNCC1CCC1. The van der Waals surface area contributed by atoms with E-state index in [4.69, 9.17) is 0 Å². The molecule has 1 saturated carbocycles. The Morgan fingerprint density at radius 1 is 1.36 bits per heavy atom. The molecular weight excluding hydrogens is 176 g/mol. The molecule has 2 N–H and O–H groups in total. The maximum Gasteiger partial charge on any atom is 0.222 e. The Labute approximate surface area is 86.6 Å². The predicted molar refractivity (Wildman–Crippen MR) is 58.1 cm³/mol. The Bertz CT molecular complexity index is 176. The second kappa shape index (κ2) is 6.02. The molecule has 82 valence electrons. The Hall–Kier alpha value is -0.570. The van der Waals surface area contributed by atoms with Gasteiger partial charge in [-0.05, 0) is 25.3 Å². The van der Waals surface area contributed by atoms with Crippen molar-refractivity contribution in [3.8, 4) is 0 Å². The quantitative estimate of drug-likeness (QED) is 0.629. The highest BCUT2D eigenvalue weighted by Gasteiger charge is 2.16. The van der Waals surface area contributed by atoms with E-state index < -0.39 is 0 Å². The summed E-state index contributed by atoms with van der Waals surface area (Å²) in [7, 11) is 0. The molecule has 1 fully saturated rings. The van der Waals surface area contributed by atoms with E-state index in [2.05, 4.69) is 10.6 Å². The van der Waals surface area contributed by atoms with Crippen molar-refractivity contribution >= 4 is 5.91 Å². The normalized spacial score (nSPS) is 16.8. The minimum atomic E-state index is 0.0987. The highest BCUT2D eigenvalue weighted by molar-refractivity contribution is 5.77. The van der Waals surface area contributed by atoms with Gasteiger partial charge in [-0.3, -0.25) is 4.79 Å². The first-order chi connectivity index (χ1) is 6.70. The number of nitrogens with one attached hydrogen (secondary N) is 2. The van der Waals surface area contributed by atoms with Gasteiger partial charge in [0, 0.05) is 19.0 Å². The summed E-state index contributed by atoms with van der Waals surface area (Å²) < 4.78 is 0. The van der Waals surface area contributed by atoms with Crippen LogP contribution in [0.4, 0.5) is 0 Å². The Balaban J connectivity index is 1.86. The highest BCUT2D eigenvalue weighted by Crippen LogP contribution is 2.24. The van der Waals surface area contributed by atoms with Gasteiger partial charge in [-0.1, -0.05) is 20.3 Å². The van der Waals surface area contributed by atoms with E-state index in [1.807, 2.05) is 13.8 Å². The van der Waals surface area contributed by atoms with Gasteiger partial charge in [-0.15, -0.1) is 0 Å². The van der Waals surface area contributed by atoms with Gasteiger partial charge in [-0.25, -0.2) is 0 Å². The third-order valence-electron chi connectivity index (χ3n) is 2.78. The van der Waals surface area contributed by atoms with Gasteiger partial charge >= 0.3 is 0 Å². The van der Waals surface area contributed by atoms with Crippen molar-refractivity contribution in [1.82, 2.24) is 10.6 Å². The molecule has 0 unspecified atom stereocenters. The largest absolute Gasteiger partial charge is 0.355 e. The van der Waals surface area contributed by atoms with Crippen molar-refractivity contribution in [3.05, 3.63) is 0 Å². The number of amides is 1. The zero-order chi connectivity index (χ0) is 10.4. The van der Waals surface area contributed by atoms with Crippen molar-refractivity contribution < 1.29 is 4.79 Å². The summed E-state index contributed by atoms with van der Waals surface area (Å²) in [5.41, 5.74) is 0. The molecule has 0 radical (unpaired) electrons. The lowest BCUT2D eigenvalue weighted by Gasteiger charge is -2.25. The zero-order valence-electron chi connectivity index (χ0n) is 9.31. The van der Waals surface area contributed by atoms with Gasteiger partial charge in [0.2, 0.25) is 5.91 Å². The Morgan fingerprint density at radius 3 is 2.57 bits per heavy atom. The van der Waals surface area contributed by atoms with Crippen LogP contribution in [-0.4, -0.2) is 25.5 Å². The lowest BCUT2D eigenvalue weighted by molar-refractivity contribution is -0.123. The van der Waals surface area contributed by atoms with Gasteiger partial charge in [-0.2, -0.15) is 0 Å². The molecule has 14 heavy (non-hydrogen) atoms. The van der Waals surface area contributed by atoms with Crippen molar-refractivity contribution in [2.45, 2.75) is 33.1 Å². The molecule has 0 bridgehead atoms. The highest BCUT2D eigenvalue weighted by atomic mass is 16.1. The monoisotopic (exact) mass is 198 g/mol. The van der Waals surface area contributed by atoms with E-state index >= 15 is 0 Å². The first-order valence-corrected chi connectivity index (χ1v) is 5.68. The van der Waals surface area contributed by atoms with Crippen LogP contribution in [0.25, 0.3) is 0 Å². The van der Waals surface area contributed by atoms with Gasteiger partial charge in [0.1, 0.15) is 0 Å². The number of carbonyl (C=O) groups excluding carboxylic acids is 1. The van der Waals surface area contributed by atoms with Crippen molar-refractivity contribution in [1.29, 1.82) is 0 Å². The zero-order valence-corrected chi connectivity index (χ0v) is 9.31. The van der Waals surface area contributed by atoms with Crippen LogP contribution >= 0.6 is 0 Å². The minimum absolute atomic E-state index is 0.0987. The van der Waals surface area contributed by atoms with E-state index in [0.717, 1.165) is 25.6 Å². The average molecular weight is 198 g/mol. The van der Waals surface area contributed by atoms with Crippen LogP contribution in [0.3, 0.4) is 0 Å². The fraction of sp³-hybridized carbons (Fsp3) is 0.909. The fourth-order valence-corrected chi connectivity index (χ4v) is 1.48.